The number of carbonyl (C=O) groups excluding carboxylic acids is 1. The van der Waals surface area contributed by atoms with Crippen molar-refractivity contribution in [2.75, 3.05) is 19.5 Å². The standard InChI is InChI=1S/C14H13N3O5/c1-17-12(14(19)20)16-9-4-10(21-2)8(3-7(9)13(17)18)11-5-15-6-22-11/h3-6,12,16H,1-2H3,(H,19,20). The number of carboxylic acids is 1. The minimum Gasteiger partial charge on any atom is -0.496 e. The minimum absolute atomic E-state index is 0.340. The third-order valence-electron chi connectivity index (χ3n) is 3.50. The van der Waals surface area contributed by atoms with Crippen molar-refractivity contribution in [1.82, 2.24) is 9.88 Å². The highest BCUT2D eigenvalue weighted by Crippen LogP contribution is 2.37. The lowest BCUT2D eigenvalue weighted by Gasteiger charge is -2.32. The van der Waals surface area contributed by atoms with Gasteiger partial charge in [-0.3, -0.25) is 4.79 Å². The van der Waals surface area contributed by atoms with E-state index in [0.29, 0.717) is 28.3 Å². The van der Waals surface area contributed by atoms with Crippen LogP contribution in [0.15, 0.2) is 29.1 Å². The number of hydrogen-bond acceptors (Lipinski definition) is 6. The van der Waals surface area contributed by atoms with Crippen LogP contribution in [0.25, 0.3) is 11.3 Å². The lowest BCUT2D eigenvalue weighted by atomic mass is 10.0. The molecule has 3 rings (SSSR count). The van der Waals surface area contributed by atoms with Crippen LogP contribution in [0, 0.1) is 0 Å². The summed E-state index contributed by atoms with van der Waals surface area (Å²) in [7, 11) is 2.91. The third-order valence-corrected chi connectivity index (χ3v) is 3.50. The van der Waals surface area contributed by atoms with Crippen molar-refractivity contribution in [2.45, 2.75) is 6.17 Å². The van der Waals surface area contributed by atoms with Crippen molar-refractivity contribution >= 4 is 17.6 Å². The van der Waals surface area contributed by atoms with Crippen LogP contribution in [0.3, 0.4) is 0 Å². The molecule has 8 nitrogen and oxygen atoms in total. The fourth-order valence-electron chi connectivity index (χ4n) is 2.37. The van der Waals surface area contributed by atoms with E-state index in [1.807, 2.05) is 0 Å². The number of likely N-dealkylation sites (N-methyl/N-ethyl adjacent to an activating group) is 1. The average Bonchev–Trinajstić information content (AvgIpc) is 3.03. The van der Waals surface area contributed by atoms with Gasteiger partial charge >= 0.3 is 5.97 Å². The van der Waals surface area contributed by atoms with E-state index in [-0.39, 0.29) is 0 Å². The number of carboxylic acid groups (broad SMARTS) is 1. The number of methoxy groups -OCH3 is 1. The fraction of sp³-hybridized carbons (Fsp3) is 0.214. The first-order chi connectivity index (χ1) is 10.5. The molecule has 1 aliphatic heterocycles. The van der Waals surface area contributed by atoms with Crippen LogP contribution in [-0.4, -0.2) is 47.2 Å². The number of nitrogens with zero attached hydrogens (tertiary/aromatic N) is 2. The molecule has 1 aromatic carbocycles. The summed E-state index contributed by atoms with van der Waals surface area (Å²) >= 11 is 0. The van der Waals surface area contributed by atoms with Gasteiger partial charge in [0, 0.05) is 13.1 Å². The maximum atomic E-state index is 12.4. The van der Waals surface area contributed by atoms with Crippen molar-refractivity contribution in [3.8, 4) is 17.1 Å². The van der Waals surface area contributed by atoms with Crippen LogP contribution in [0.5, 0.6) is 5.75 Å². The molecule has 22 heavy (non-hydrogen) atoms. The van der Waals surface area contributed by atoms with Gasteiger partial charge in [-0.05, 0) is 6.07 Å². The normalized spacial score (nSPS) is 16.9. The van der Waals surface area contributed by atoms with Gasteiger partial charge in [0.2, 0.25) is 6.17 Å². The van der Waals surface area contributed by atoms with E-state index in [2.05, 4.69) is 10.3 Å². The van der Waals surface area contributed by atoms with Crippen LogP contribution in [0.2, 0.25) is 0 Å². The van der Waals surface area contributed by atoms with E-state index in [1.165, 1.54) is 26.7 Å². The second-order valence-electron chi connectivity index (χ2n) is 4.76. The summed E-state index contributed by atoms with van der Waals surface area (Å²) in [4.78, 5) is 28.6. The van der Waals surface area contributed by atoms with Gasteiger partial charge in [0.15, 0.2) is 12.2 Å². The summed E-state index contributed by atoms with van der Waals surface area (Å²) in [5, 5.41) is 12.0. The van der Waals surface area contributed by atoms with Crippen molar-refractivity contribution in [3.05, 3.63) is 30.3 Å². The highest BCUT2D eigenvalue weighted by Gasteiger charge is 2.35. The van der Waals surface area contributed by atoms with Crippen molar-refractivity contribution in [2.24, 2.45) is 0 Å². The van der Waals surface area contributed by atoms with Gasteiger partial charge in [-0.25, -0.2) is 9.78 Å². The van der Waals surface area contributed by atoms with E-state index in [9.17, 15) is 14.7 Å². The molecule has 1 amide bonds. The number of aromatic nitrogens is 1. The Bertz CT molecular complexity index is 741. The zero-order valence-corrected chi connectivity index (χ0v) is 11.9. The Kier molecular flexibility index (Phi) is 3.21. The minimum atomic E-state index is -1.14. The van der Waals surface area contributed by atoms with E-state index < -0.39 is 18.0 Å². The lowest BCUT2D eigenvalue weighted by Crippen LogP contribution is -2.50. The zero-order valence-electron chi connectivity index (χ0n) is 11.9. The number of aliphatic carboxylic acids is 1. The summed E-state index contributed by atoms with van der Waals surface area (Å²) in [5.41, 5.74) is 1.30. The van der Waals surface area contributed by atoms with Gasteiger partial charge in [0.25, 0.3) is 5.91 Å². The number of rotatable bonds is 3. The van der Waals surface area contributed by atoms with Crippen molar-refractivity contribution in [1.29, 1.82) is 0 Å². The molecule has 0 aliphatic carbocycles. The Hall–Kier alpha value is -3.03. The molecule has 2 heterocycles. The Morgan fingerprint density at radius 3 is 2.82 bits per heavy atom. The first kappa shape index (κ1) is 13.9. The monoisotopic (exact) mass is 303 g/mol. The number of oxazole rings is 1. The van der Waals surface area contributed by atoms with Gasteiger partial charge in [-0.1, -0.05) is 0 Å². The number of anilines is 1. The number of fused-ring (bicyclic) bond motifs is 1. The molecule has 0 saturated heterocycles. The van der Waals surface area contributed by atoms with E-state index >= 15 is 0 Å². The number of carbonyl (C=O) groups is 2. The SMILES string of the molecule is COc1cc2c(cc1-c1cnco1)C(=O)N(C)C(C(=O)O)N2. The third kappa shape index (κ3) is 2.05. The molecule has 1 aromatic heterocycles. The van der Waals surface area contributed by atoms with Crippen LogP contribution >= 0.6 is 0 Å². The number of nitrogens with one attached hydrogen (secondary N) is 1. The molecule has 8 heteroatoms. The predicted octanol–water partition coefficient (Wildman–Crippen LogP) is 1.26. The maximum Gasteiger partial charge on any atom is 0.347 e. The van der Waals surface area contributed by atoms with Gasteiger partial charge in [0.05, 0.1) is 30.1 Å². The molecule has 0 saturated carbocycles. The molecule has 114 valence electrons. The second-order valence-corrected chi connectivity index (χ2v) is 4.76. The first-order valence-corrected chi connectivity index (χ1v) is 6.40. The average molecular weight is 303 g/mol. The first-order valence-electron chi connectivity index (χ1n) is 6.40. The van der Waals surface area contributed by atoms with Crippen LogP contribution in [-0.2, 0) is 4.79 Å². The number of benzene rings is 1. The summed E-state index contributed by atoms with van der Waals surface area (Å²) < 4.78 is 10.5. The van der Waals surface area contributed by atoms with Crippen LogP contribution in [0.1, 0.15) is 10.4 Å². The summed E-state index contributed by atoms with van der Waals surface area (Å²) in [5.74, 6) is -0.635. The molecule has 2 N–H and O–H groups in total. The summed E-state index contributed by atoms with van der Waals surface area (Å²) in [6.45, 7) is 0. The molecular weight excluding hydrogens is 290 g/mol. The van der Waals surface area contributed by atoms with Crippen molar-refractivity contribution < 1.29 is 23.8 Å². The molecule has 0 radical (unpaired) electrons. The number of amides is 1. The fourth-order valence-corrected chi connectivity index (χ4v) is 2.37. The zero-order chi connectivity index (χ0) is 15.9. The molecule has 1 atom stereocenters. The Morgan fingerprint density at radius 1 is 1.45 bits per heavy atom. The molecule has 2 aromatic rings. The summed E-state index contributed by atoms with van der Waals surface area (Å²) in [6, 6.07) is 3.17. The molecular formula is C14H13N3O5. The molecule has 0 bridgehead atoms. The van der Waals surface area contributed by atoms with Crippen LogP contribution in [0.4, 0.5) is 5.69 Å². The number of hydrogen-bond donors (Lipinski definition) is 2. The smallest absolute Gasteiger partial charge is 0.347 e. The van der Waals surface area contributed by atoms with E-state index in [1.54, 1.807) is 12.1 Å². The second kappa shape index (κ2) is 5.06. The van der Waals surface area contributed by atoms with Gasteiger partial charge in [-0.15, -0.1) is 0 Å². The Labute approximate surface area is 125 Å². The van der Waals surface area contributed by atoms with Gasteiger partial charge < -0.3 is 24.5 Å². The molecule has 0 spiro atoms. The van der Waals surface area contributed by atoms with E-state index in [4.69, 9.17) is 9.15 Å². The molecule has 1 aliphatic rings. The largest absolute Gasteiger partial charge is 0.496 e. The van der Waals surface area contributed by atoms with Crippen molar-refractivity contribution in [3.63, 3.8) is 0 Å². The Morgan fingerprint density at radius 2 is 2.23 bits per heavy atom. The lowest BCUT2D eigenvalue weighted by molar-refractivity contribution is -0.141. The maximum absolute atomic E-state index is 12.4. The quantitative estimate of drug-likeness (QED) is 0.879. The van der Waals surface area contributed by atoms with Gasteiger partial charge in [0.1, 0.15) is 5.75 Å². The van der Waals surface area contributed by atoms with Gasteiger partial charge in [-0.2, -0.15) is 0 Å². The highest BCUT2D eigenvalue weighted by molar-refractivity contribution is 6.05. The molecule has 1 unspecified atom stereocenters. The highest BCUT2D eigenvalue weighted by atomic mass is 16.5. The number of ether oxygens (including phenoxy) is 1. The topological polar surface area (TPSA) is 105 Å². The van der Waals surface area contributed by atoms with E-state index in [0.717, 1.165) is 4.90 Å². The summed E-state index contributed by atoms with van der Waals surface area (Å²) in [6.07, 6.45) is 1.66. The predicted molar refractivity (Wildman–Crippen MR) is 75.6 cm³/mol. The Balaban J connectivity index is 2.14. The van der Waals surface area contributed by atoms with Crippen LogP contribution < -0.4 is 10.1 Å². The molecule has 0 fully saturated rings.